The van der Waals surface area contributed by atoms with Crippen molar-refractivity contribution in [1.29, 1.82) is 0 Å². The van der Waals surface area contributed by atoms with Crippen molar-refractivity contribution < 1.29 is 23.9 Å². The maximum Gasteiger partial charge on any atom is 0.342 e. The van der Waals surface area contributed by atoms with Crippen LogP contribution >= 0.6 is 0 Å². The number of carbonyl (C=O) groups excluding carboxylic acids is 1. The van der Waals surface area contributed by atoms with E-state index in [1.165, 1.54) is 12.1 Å². The molecule has 1 aromatic heterocycles. The van der Waals surface area contributed by atoms with Crippen LogP contribution in [0.4, 0.5) is 5.69 Å². The summed E-state index contributed by atoms with van der Waals surface area (Å²) in [6.45, 7) is 3.92. The molecule has 0 radical (unpaired) electrons. The summed E-state index contributed by atoms with van der Waals surface area (Å²) in [5.74, 6) is 0.589. The summed E-state index contributed by atoms with van der Waals surface area (Å²) in [5, 5.41) is 20.3. The largest absolute Gasteiger partial charge is 0.733 e. The summed E-state index contributed by atoms with van der Waals surface area (Å²) in [7, 11) is 0. The van der Waals surface area contributed by atoms with Crippen molar-refractivity contribution in [2.75, 3.05) is 11.8 Å². The van der Waals surface area contributed by atoms with Gasteiger partial charge in [0, 0.05) is 5.39 Å². The van der Waals surface area contributed by atoms with Gasteiger partial charge < -0.3 is 24.3 Å². The van der Waals surface area contributed by atoms with Crippen LogP contribution in [-0.4, -0.2) is 17.8 Å². The maximum atomic E-state index is 12.2. The predicted molar refractivity (Wildman–Crippen MR) is 95.3 cm³/mol. The van der Waals surface area contributed by atoms with Crippen molar-refractivity contribution in [2.45, 2.75) is 20.5 Å². The highest BCUT2D eigenvalue weighted by atomic mass is 16.8. The smallest absolute Gasteiger partial charge is 0.342 e. The minimum Gasteiger partial charge on any atom is -0.733 e. The molecule has 1 heterocycles. The van der Waals surface area contributed by atoms with Crippen molar-refractivity contribution in [1.82, 2.24) is 0 Å². The fourth-order valence-corrected chi connectivity index (χ4v) is 2.68. The van der Waals surface area contributed by atoms with Crippen molar-refractivity contribution in [2.24, 2.45) is 0 Å². The molecule has 0 bridgehead atoms. The monoisotopic (exact) mass is 356 g/mol. The van der Waals surface area contributed by atoms with Crippen LogP contribution in [0.2, 0.25) is 0 Å². The van der Waals surface area contributed by atoms with Gasteiger partial charge in [-0.05, 0) is 49.7 Å². The number of benzene rings is 2. The molecule has 136 valence electrons. The van der Waals surface area contributed by atoms with Gasteiger partial charge in [-0.2, -0.15) is 0 Å². The number of furan rings is 1. The van der Waals surface area contributed by atoms with Gasteiger partial charge in [0.25, 0.3) is 0 Å². The summed E-state index contributed by atoms with van der Waals surface area (Å²) in [4.78, 5) is 12.2. The number of rotatable bonds is 6. The summed E-state index contributed by atoms with van der Waals surface area (Å²) >= 11 is 0. The Kier molecular flexibility index (Phi) is 5.11. The average molecular weight is 356 g/mol. The molecule has 1 N–H and O–H groups in total. The van der Waals surface area contributed by atoms with E-state index in [4.69, 9.17) is 19.1 Å². The lowest BCUT2D eigenvalue weighted by atomic mass is 10.1. The molecule has 0 fully saturated rings. The molecule has 0 aliphatic rings. The SMILES string of the molecule is CCOC(=O)c1c(C)oc2ccc(OCc3cccc(N([O-])O)c3)cc12. The molecule has 0 saturated carbocycles. The molecule has 26 heavy (non-hydrogen) atoms. The molecule has 3 rings (SSSR count). The molecule has 7 heteroatoms. The van der Waals surface area contributed by atoms with E-state index in [9.17, 15) is 10.0 Å². The van der Waals surface area contributed by atoms with E-state index in [2.05, 4.69) is 0 Å². The number of carbonyl (C=O) groups is 1. The van der Waals surface area contributed by atoms with E-state index in [0.29, 0.717) is 33.6 Å². The normalized spacial score (nSPS) is 10.8. The molecule has 2 aromatic carbocycles. The van der Waals surface area contributed by atoms with E-state index in [0.717, 1.165) is 0 Å². The quantitative estimate of drug-likeness (QED) is 0.522. The van der Waals surface area contributed by atoms with Gasteiger partial charge in [0.1, 0.15) is 29.3 Å². The van der Waals surface area contributed by atoms with Crippen molar-refractivity contribution in [3.8, 4) is 5.75 Å². The zero-order valence-corrected chi connectivity index (χ0v) is 14.4. The second kappa shape index (κ2) is 7.47. The van der Waals surface area contributed by atoms with Crippen LogP contribution in [0.1, 0.15) is 28.6 Å². The molecule has 0 unspecified atom stereocenters. The Bertz CT molecular complexity index is 931. The van der Waals surface area contributed by atoms with Crippen LogP contribution in [0.25, 0.3) is 11.0 Å². The van der Waals surface area contributed by atoms with Gasteiger partial charge in [-0.15, -0.1) is 0 Å². The molecule has 0 saturated heterocycles. The number of anilines is 1. The minimum atomic E-state index is -0.438. The van der Waals surface area contributed by atoms with Crippen LogP contribution in [-0.2, 0) is 11.3 Å². The summed E-state index contributed by atoms with van der Waals surface area (Å²) < 4.78 is 16.4. The second-order valence-electron chi connectivity index (χ2n) is 5.64. The molecule has 0 atom stereocenters. The summed E-state index contributed by atoms with van der Waals surface area (Å²) in [6.07, 6.45) is 0. The van der Waals surface area contributed by atoms with E-state index in [1.54, 1.807) is 44.2 Å². The lowest BCUT2D eigenvalue weighted by Gasteiger charge is -2.22. The van der Waals surface area contributed by atoms with Gasteiger partial charge in [0.15, 0.2) is 0 Å². The van der Waals surface area contributed by atoms with Gasteiger partial charge in [0.2, 0.25) is 0 Å². The lowest BCUT2D eigenvalue weighted by molar-refractivity contribution is 0.0526. The fourth-order valence-electron chi connectivity index (χ4n) is 2.68. The average Bonchev–Trinajstić information content (AvgIpc) is 2.95. The first kappa shape index (κ1) is 17.8. The third kappa shape index (κ3) is 3.63. The molecule has 0 aliphatic heterocycles. The van der Waals surface area contributed by atoms with Crippen LogP contribution < -0.4 is 9.96 Å². The number of ether oxygens (including phenoxy) is 2. The Morgan fingerprint density at radius 2 is 2.08 bits per heavy atom. The third-order valence-corrected chi connectivity index (χ3v) is 3.85. The first-order chi connectivity index (χ1) is 12.5. The number of nitrogens with zero attached hydrogens (tertiary/aromatic N) is 1. The van der Waals surface area contributed by atoms with Crippen LogP contribution in [0.5, 0.6) is 5.75 Å². The highest BCUT2D eigenvalue weighted by Crippen LogP contribution is 2.30. The van der Waals surface area contributed by atoms with Crippen molar-refractivity contribution in [3.05, 3.63) is 64.6 Å². The maximum absolute atomic E-state index is 12.2. The predicted octanol–water partition coefficient (Wildman–Crippen LogP) is 4.19. The third-order valence-electron chi connectivity index (χ3n) is 3.85. The van der Waals surface area contributed by atoms with Crippen molar-refractivity contribution in [3.63, 3.8) is 0 Å². The van der Waals surface area contributed by atoms with Gasteiger partial charge in [0.05, 0.1) is 12.3 Å². The van der Waals surface area contributed by atoms with E-state index < -0.39 is 5.97 Å². The Morgan fingerprint density at radius 1 is 1.27 bits per heavy atom. The lowest BCUT2D eigenvalue weighted by Crippen LogP contribution is -2.07. The van der Waals surface area contributed by atoms with Gasteiger partial charge in [-0.3, -0.25) is 5.21 Å². The van der Waals surface area contributed by atoms with Gasteiger partial charge in [-0.25, -0.2) is 4.79 Å². The Morgan fingerprint density at radius 3 is 2.81 bits per heavy atom. The molecule has 0 amide bonds. The van der Waals surface area contributed by atoms with Crippen LogP contribution in [0, 0.1) is 12.1 Å². The Labute approximate surface area is 149 Å². The molecule has 7 nitrogen and oxygen atoms in total. The molecular formula is C19H18NO6-. The summed E-state index contributed by atoms with van der Waals surface area (Å²) in [6, 6.07) is 11.6. The molecule has 0 aliphatic carbocycles. The zero-order chi connectivity index (χ0) is 18.7. The standard InChI is InChI=1S/C19H18NO6/c1-3-24-19(21)18-12(2)26-17-8-7-15(10-16(17)18)25-11-13-5-4-6-14(9-13)20(22)23/h4-10,22H,3,11H2,1-2H3/q-1. The van der Waals surface area contributed by atoms with Gasteiger partial charge in [-0.1, -0.05) is 12.1 Å². The number of hydrogen-bond acceptors (Lipinski definition) is 7. The Balaban J connectivity index is 1.84. The van der Waals surface area contributed by atoms with E-state index in [1.807, 2.05) is 0 Å². The molecule has 3 aromatic rings. The summed E-state index contributed by atoms with van der Waals surface area (Å²) in [5.41, 5.74) is 1.79. The molecule has 0 spiro atoms. The van der Waals surface area contributed by atoms with Crippen LogP contribution in [0.3, 0.4) is 0 Å². The number of hydrogen-bond donors (Lipinski definition) is 1. The Hall–Kier alpha value is -3.03. The topological polar surface area (TPSA) is 95.2 Å². The number of aryl methyl sites for hydroxylation is 1. The zero-order valence-electron chi connectivity index (χ0n) is 14.4. The first-order valence-corrected chi connectivity index (χ1v) is 8.07. The van der Waals surface area contributed by atoms with E-state index >= 15 is 0 Å². The highest BCUT2D eigenvalue weighted by molar-refractivity contribution is 6.04. The number of esters is 1. The first-order valence-electron chi connectivity index (χ1n) is 8.07. The number of fused-ring (bicyclic) bond motifs is 1. The fraction of sp³-hybridized carbons (Fsp3) is 0.211. The van der Waals surface area contributed by atoms with E-state index in [-0.39, 0.29) is 24.1 Å². The second-order valence-corrected chi connectivity index (χ2v) is 5.64. The highest BCUT2D eigenvalue weighted by Gasteiger charge is 2.19. The molecular weight excluding hydrogens is 338 g/mol. The van der Waals surface area contributed by atoms with Gasteiger partial charge >= 0.3 is 5.97 Å². The van der Waals surface area contributed by atoms with Crippen molar-refractivity contribution >= 4 is 22.6 Å². The van der Waals surface area contributed by atoms with Crippen LogP contribution in [0.15, 0.2) is 46.9 Å². The minimum absolute atomic E-state index is 0.122.